The number of hydrogen-bond donors (Lipinski definition) is 0. The molecule has 3 rings (SSSR count). The molecule has 2 heterocycles. The summed E-state index contributed by atoms with van der Waals surface area (Å²) in [4.78, 5) is 1.99. The van der Waals surface area contributed by atoms with E-state index in [4.69, 9.17) is 0 Å². The van der Waals surface area contributed by atoms with Crippen LogP contribution in [0, 0.1) is 0 Å². The first-order valence-electron chi connectivity index (χ1n) is 6.78. The molecule has 2 fully saturated rings. The second kappa shape index (κ2) is 5.36. The van der Waals surface area contributed by atoms with E-state index in [1.807, 2.05) is 16.7 Å². The van der Waals surface area contributed by atoms with Gasteiger partial charge in [0.25, 0.3) is 0 Å². The summed E-state index contributed by atoms with van der Waals surface area (Å²) in [5, 5.41) is 6.62. The molecular weight excluding hydrogens is 307 g/mol. The number of rotatable bonds is 1. The molecule has 1 spiro atoms. The average Bonchev–Trinajstić information content (AvgIpc) is 2.89. The van der Waals surface area contributed by atoms with E-state index in [1.165, 1.54) is 32.1 Å². The second-order valence-corrected chi connectivity index (χ2v) is 7.92. The predicted molar refractivity (Wildman–Crippen MR) is 75.4 cm³/mol. The molecule has 1 aromatic rings. The third kappa shape index (κ3) is 2.90. The van der Waals surface area contributed by atoms with Gasteiger partial charge in [0.1, 0.15) is 0 Å². The van der Waals surface area contributed by atoms with Crippen LogP contribution in [0.3, 0.4) is 0 Å². The van der Waals surface area contributed by atoms with E-state index in [-0.39, 0.29) is 4.75 Å². The Bertz CT molecular complexity index is 463. The Labute approximate surface area is 123 Å². The molecule has 1 saturated carbocycles. The quantitative estimate of drug-likeness (QED) is 0.786. The Morgan fingerprint density at radius 1 is 1.10 bits per heavy atom. The van der Waals surface area contributed by atoms with Gasteiger partial charge in [0, 0.05) is 23.6 Å². The van der Waals surface area contributed by atoms with Crippen molar-refractivity contribution in [3.8, 4) is 0 Å². The zero-order valence-corrected chi connectivity index (χ0v) is 12.6. The van der Waals surface area contributed by atoms with Crippen molar-refractivity contribution in [1.29, 1.82) is 0 Å². The number of halogens is 3. The van der Waals surface area contributed by atoms with Crippen molar-refractivity contribution < 1.29 is 13.2 Å². The fourth-order valence-electron chi connectivity index (χ4n) is 2.96. The lowest BCUT2D eigenvalue weighted by molar-refractivity contribution is -0.138. The number of anilines is 1. The third-order valence-electron chi connectivity index (χ3n) is 3.94. The van der Waals surface area contributed by atoms with Crippen molar-refractivity contribution in [2.24, 2.45) is 0 Å². The lowest BCUT2D eigenvalue weighted by Gasteiger charge is -2.44. The maximum Gasteiger partial charge on any atom is 0.445 e. The van der Waals surface area contributed by atoms with Crippen LogP contribution in [0.4, 0.5) is 18.3 Å². The summed E-state index contributed by atoms with van der Waals surface area (Å²) in [6, 6.07) is 0. The van der Waals surface area contributed by atoms with Crippen LogP contribution in [0.15, 0.2) is 0 Å². The van der Waals surface area contributed by atoms with Crippen molar-refractivity contribution in [1.82, 2.24) is 10.2 Å². The van der Waals surface area contributed by atoms with Gasteiger partial charge >= 0.3 is 6.18 Å². The van der Waals surface area contributed by atoms with Crippen molar-refractivity contribution in [2.45, 2.75) is 43.0 Å². The average molecular weight is 323 g/mol. The Morgan fingerprint density at radius 2 is 1.85 bits per heavy atom. The smallest absolute Gasteiger partial charge is 0.344 e. The molecule has 1 saturated heterocycles. The minimum Gasteiger partial charge on any atom is -0.344 e. The molecule has 1 aliphatic carbocycles. The first-order chi connectivity index (χ1) is 9.49. The first kappa shape index (κ1) is 14.4. The molecule has 112 valence electrons. The Kier molecular flexibility index (Phi) is 3.87. The van der Waals surface area contributed by atoms with Crippen LogP contribution in [-0.4, -0.2) is 33.8 Å². The molecule has 1 aliphatic heterocycles. The first-order valence-corrected chi connectivity index (χ1v) is 8.58. The van der Waals surface area contributed by atoms with Gasteiger partial charge in [-0.05, 0) is 12.8 Å². The Hall–Kier alpha value is -0.500. The third-order valence-corrected chi connectivity index (χ3v) is 6.51. The van der Waals surface area contributed by atoms with Crippen LogP contribution in [-0.2, 0) is 6.18 Å². The molecule has 0 atom stereocenters. The summed E-state index contributed by atoms with van der Waals surface area (Å²) < 4.78 is 38.0. The summed E-state index contributed by atoms with van der Waals surface area (Å²) >= 11 is 2.65. The number of thioether (sulfide) groups is 1. The van der Waals surface area contributed by atoms with Gasteiger partial charge in [-0.25, -0.2) is 0 Å². The van der Waals surface area contributed by atoms with Gasteiger partial charge in [-0.15, -0.1) is 10.2 Å². The maximum absolute atomic E-state index is 12.6. The van der Waals surface area contributed by atoms with Gasteiger partial charge < -0.3 is 4.90 Å². The van der Waals surface area contributed by atoms with Crippen LogP contribution in [0.25, 0.3) is 0 Å². The normalized spacial score (nSPS) is 23.2. The van der Waals surface area contributed by atoms with Crippen LogP contribution in [0.5, 0.6) is 0 Å². The minimum atomic E-state index is -4.39. The summed E-state index contributed by atoms with van der Waals surface area (Å²) in [6.45, 7) is 1.57. The van der Waals surface area contributed by atoms with E-state index in [0.717, 1.165) is 18.8 Å². The molecule has 2 aliphatic rings. The highest BCUT2D eigenvalue weighted by atomic mass is 32.2. The van der Waals surface area contributed by atoms with Gasteiger partial charge in [0.2, 0.25) is 10.1 Å². The molecule has 0 unspecified atom stereocenters. The minimum absolute atomic E-state index is 0.223. The summed E-state index contributed by atoms with van der Waals surface area (Å²) in [5.74, 6) is 0.959. The van der Waals surface area contributed by atoms with Gasteiger partial charge in [0.05, 0.1) is 0 Å². The number of aromatic nitrogens is 2. The fraction of sp³-hybridized carbons (Fsp3) is 0.833. The highest BCUT2D eigenvalue weighted by Gasteiger charge is 2.40. The molecule has 8 heteroatoms. The van der Waals surface area contributed by atoms with Gasteiger partial charge in [0.15, 0.2) is 0 Å². The van der Waals surface area contributed by atoms with Crippen molar-refractivity contribution in [2.75, 3.05) is 23.7 Å². The van der Waals surface area contributed by atoms with E-state index in [1.54, 1.807) is 0 Å². The van der Waals surface area contributed by atoms with E-state index < -0.39 is 11.2 Å². The molecule has 0 aromatic carbocycles. The highest BCUT2D eigenvalue weighted by Crippen LogP contribution is 2.44. The molecule has 20 heavy (non-hydrogen) atoms. The lowest BCUT2D eigenvalue weighted by Crippen LogP contribution is -2.47. The van der Waals surface area contributed by atoms with Gasteiger partial charge in [-0.3, -0.25) is 0 Å². The number of alkyl halides is 3. The summed E-state index contributed by atoms with van der Waals surface area (Å²) in [5.41, 5.74) is 0. The lowest BCUT2D eigenvalue weighted by atomic mass is 9.87. The van der Waals surface area contributed by atoms with E-state index in [9.17, 15) is 13.2 Å². The zero-order chi connectivity index (χ0) is 14.2. The van der Waals surface area contributed by atoms with Crippen molar-refractivity contribution in [3.05, 3.63) is 5.01 Å². The molecule has 0 bridgehead atoms. The fourth-order valence-corrected chi connectivity index (χ4v) is 5.27. The van der Waals surface area contributed by atoms with Crippen molar-refractivity contribution in [3.63, 3.8) is 0 Å². The Morgan fingerprint density at radius 3 is 2.50 bits per heavy atom. The SMILES string of the molecule is FC(F)(F)c1nnc(N2CCSC3(CCCCC3)C2)s1. The molecule has 0 radical (unpaired) electrons. The van der Waals surface area contributed by atoms with E-state index in [2.05, 4.69) is 10.2 Å². The molecule has 0 amide bonds. The molecule has 1 aromatic heterocycles. The number of nitrogens with zero attached hydrogens (tertiary/aromatic N) is 3. The topological polar surface area (TPSA) is 29.0 Å². The monoisotopic (exact) mass is 323 g/mol. The van der Waals surface area contributed by atoms with Gasteiger partial charge in [-0.2, -0.15) is 24.9 Å². The van der Waals surface area contributed by atoms with E-state index >= 15 is 0 Å². The Balaban J connectivity index is 1.75. The van der Waals surface area contributed by atoms with Crippen LogP contribution < -0.4 is 4.90 Å². The number of hydrogen-bond acceptors (Lipinski definition) is 5. The summed E-state index contributed by atoms with van der Waals surface area (Å²) in [6.07, 6.45) is 1.68. The van der Waals surface area contributed by atoms with E-state index in [0.29, 0.717) is 16.5 Å². The maximum atomic E-state index is 12.6. The molecule has 3 nitrogen and oxygen atoms in total. The largest absolute Gasteiger partial charge is 0.445 e. The standard InChI is InChI=1S/C12H16F3N3S2/c13-12(14,15)9-16-17-10(20-9)18-6-7-19-11(8-18)4-2-1-3-5-11/h1-8H2. The zero-order valence-electron chi connectivity index (χ0n) is 10.9. The van der Waals surface area contributed by atoms with Crippen LogP contribution in [0.1, 0.15) is 37.1 Å². The molecule has 0 N–H and O–H groups in total. The van der Waals surface area contributed by atoms with Crippen LogP contribution in [0.2, 0.25) is 0 Å². The second-order valence-electron chi connectivity index (χ2n) is 5.40. The molecular formula is C12H16F3N3S2. The van der Waals surface area contributed by atoms with Crippen molar-refractivity contribution >= 4 is 28.2 Å². The predicted octanol–water partition coefficient (Wildman–Crippen LogP) is 3.81. The van der Waals surface area contributed by atoms with Gasteiger partial charge in [-0.1, -0.05) is 30.6 Å². The highest BCUT2D eigenvalue weighted by molar-refractivity contribution is 8.00. The summed E-state index contributed by atoms with van der Waals surface area (Å²) in [7, 11) is 0. The van der Waals surface area contributed by atoms with Crippen LogP contribution >= 0.6 is 23.1 Å².